The van der Waals surface area contributed by atoms with Gasteiger partial charge in [0.2, 0.25) is 5.91 Å². The minimum absolute atomic E-state index is 0.0250. The summed E-state index contributed by atoms with van der Waals surface area (Å²) in [7, 11) is 0. The van der Waals surface area contributed by atoms with Crippen molar-refractivity contribution in [1.29, 1.82) is 0 Å². The zero-order valence-electron chi connectivity index (χ0n) is 12.4. The lowest BCUT2D eigenvalue weighted by atomic mass is 9.86. The van der Waals surface area contributed by atoms with Crippen LogP contribution in [0, 0.1) is 5.41 Å². The van der Waals surface area contributed by atoms with Crippen molar-refractivity contribution < 1.29 is 9.59 Å². The van der Waals surface area contributed by atoms with E-state index in [1.54, 1.807) is 9.80 Å². The van der Waals surface area contributed by atoms with Crippen LogP contribution in [0.4, 0.5) is 4.79 Å². The Morgan fingerprint density at radius 3 is 2.05 bits per heavy atom. The highest BCUT2D eigenvalue weighted by molar-refractivity contribution is 5.83. The van der Waals surface area contributed by atoms with Gasteiger partial charge in [-0.25, -0.2) is 4.79 Å². The molecule has 0 spiro atoms. The highest BCUT2D eigenvalue weighted by Crippen LogP contribution is 2.19. The monoisotopic (exact) mass is 270 g/mol. The highest BCUT2D eigenvalue weighted by atomic mass is 16.2. The number of nitrogens with one attached hydrogen (secondary N) is 1. The van der Waals surface area contributed by atoms with Gasteiger partial charge in [0.05, 0.1) is 6.04 Å². The van der Waals surface area contributed by atoms with E-state index in [1.807, 2.05) is 27.7 Å². The molecule has 0 aromatic rings. The summed E-state index contributed by atoms with van der Waals surface area (Å²) in [6.45, 7) is 10.6. The largest absolute Gasteiger partial charge is 0.338 e. The molecule has 0 bridgehead atoms. The Bertz CT molecular complexity index is 330. The molecular formula is C13H26N4O2. The van der Waals surface area contributed by atoms with Crippen LogP contribution in [0.15, 0.2) is 0 Å². The summed E-state index contributed by atoms with van der Waals surface area (Å²) in [4.78, 5) is 27.4. The van der Waals surface area contributed by atoms with Gasteiger partial charge in [-0.2, -0.15) is 0 Å². The number of amides is 3. The van der Waals surface area contributed by atoms with Crippen molar-refractivity contribution in [3.8, 4) is 0 Å². The number of urea groups is 1. The van der Waals surface area contributed by atoms with Crippen LogP contribution >= 0.6 is 0 Å². The standard InChI is InChI=1S/C13H26N4O2/c1-5-15-12(19)17-8-6-16(7-9-17)11(18)10(14)13(2,3)4/h10H,5-9,14H2,1-4H3,(H,15,19). The molecule has 3 amide bonds. The molecule has 1 aliphatic heterocycles. The molecule has 1 atom stereocenters. The van der Waals surface area contributed by atoms with Gasteiger partial charge in [-0.05, 0) is 12.3 Å². The molecule has 6 heteroatoms. The first-order chi connectivity index (χ1) is 8.77. The minimum atomic E-state index is -0.497. The van der Waals surface area contributed by atoms with E-state index in [-0.39, 0.29) is 17.4 Å². The fourth-order valence-corrected chi connectivity index (χ4v) is 1.96. The maximum atomic E-state index is 12.2. The Hall–Kier alpha value is -1.30. The minimum Gasteiger partial charge on any atom is -0.338 e. The van der Waals surface area contributed by atoms with E-state index in [1.165, 1.54) is 0 Å². The molecular weight excluding hydrogens is 244 g/mol. The van der Waals surface area contributed by atoms with Gasteiger partial charge in [0.25, 0.3) is 0 Å². The van der Waals surface area contributed by atoms with Gasteiger partial charge in [0.15, 0.2) is 0 Å². The number of nitrogens with two attached hydrogens (primary N) is 1. The van der Waals surface area contributed by atoms with Crippen molar-refractivity contribution in [2.45, 2.75) is 33.7 Å². The maximum Gasteiger partial charge on any atom is 0.317 e. The number of carbonyl (C=O) groups is 2. The molecule has 1 saturated heterocycles. The molecule has 0 saturated carbocycles. The Balaban J connectivity index is 2.50. The number of rotatable bonds is 2. The molecule has 1 fully saturated rings. The van der Waals surface area contributed by atoms with Gasteiger partial charge in [-0.15, -0.1) is 0 Å². The van der Waals surface area contributed by atoms with Crippen molar-refractivity contribution in [2.75, 3.05) is 32.7 Å². The van der Waals surface area contributed by atoms with E-state index < -0.39 is 6.04 Å². The summed E-state index contributed by atoms with van der Waals surface area (Å²) in [5, 5.41) is 2.77. The van der Waals surface area contributed by atoms with Gasteiger partial charge in [-0.1, -0.05) is 20.8 Å². The summed E-state index contributed by atoms with van der Waals surface area (Å²) < 4.78 is 0. The SMILES string of the molecule is CCNC(=O)N1CCN(C(=O)C(N)C(C)(C)C)CC1. The van der Waals surface area contributed by atoms with E-state index in [0.29, 0.717) is 32.7 Å². The molecule has 0 radical (unpaired) electrons. The van der Waals surface area contributed by atoms with Crippen LogP contribution in [0.1, 0.15) is 27.7 Å². The highest BCUT2D eigenvalue weighted by Gasteiger charge is 2.33. The first kappa shape index (κ1) is 15.8. The van der Waals surface area contributed by atoms with Gasteiger partial charge in [0.1, 0.15) is 0 Å². The predicted molar refractivity (Wildman–Crippen MR) is 74.7 cm³/mol. The Morgan fingerprint density at radius 1 is 1.16 bits per heavy atom. The normalized spacial score (nSPS) is 18.2. The van der Waals surface area contributed by atoms with Crippen LogP contribution in [0.5, 0.6) is 0 Å². The summed E-state index contributed by atoms with van der Waals surface area (Å²) in [5.41, 5.74) is 5.74. The molecule has 1 rings (SSSR count). The average molecular weight is 270 g/mol. The first-order valence-electron chi connectivity index (χ1n) is 6.84. The van der Waals surface area contributed by atoms with Crippen molar-refractivity contribution in [3.05, 3.63) is 0 Å². The van der Waals surface area contributed by atoms with Crippen LogP contribution in [0.3, 0.4) is 0 Å². The lowest BCUT2D eigenvalue weighted by Gasteiger charge is -2.38. The summed E-state index contributed by atoms with van der Waals surface area (Å²) >= 11 is 0. The van der Waals surface area contributed by atoms with Crippen molar-refractivity contribution in [2.24, 2.45) is 11.1 Å². The number of hydrogen-bond donors (Lipinski definition) is 2. The lowest BCUT2D eigenvalue weighted by molar-refractivity contribution is -0.136. The average Bonchev–Trinajstić information content (AvgIpc) is 2.36. The molecule has 1 unspecified atom stereocenters. The molecule has 6 nitrogen and oxygen atoms in total. The second-order valence-corrected chi connectivity index (χ2v) is 5.99. The quantitative estimate of drug-likeness (QED) is 0.754. The molecule has 19 heavy (non-hydrogen) atoms. The van der Waals surface area contributed by atoms with Gasteiger partial charge >= 0.3 is 6.03 Å². The zero-order chi connectivity index (χ0) is 14.6. The third-order valence-corrected chi connectivity index (χ3v) is 3.41. The predicted octanol–water partition coefficient (Wildman–Crippen LogP) is 0.234. The molecule has 0 aromatic carbocycles. The van der Waals surface area contributed by atoms with Crippen molar-refractivity contribution in [3.63, 3.8) is 0 Å². The number of carbonyl (C=O) groups excluding carboxylic acids is 2. The Labute approximate surface area is 115 Å². The summed E-state index contributed by atoms with van der Waals surface area (Å²) in [6.07, 6.45) is 0. The fraction of sp³-hybridized carbons (Fsp3) is 0.846. The topological polar surface area (TPSA) is 78.7 Å². The second-order valence-electron chi connectivity index (χ2n) is 5.99. The van der Waals surface area contributed by atoms with Crippen LogP contribution in [-0.2, 0) is 4.79 Å². The smallest absolute Gasteiger partial charge is 0.317 e. The van der Waals surface area contributed by atoms with E-state index in [0.717, 1.165) is 0 Å². The Morgan fingerprint density at radius 2 is 1.63 bits per heavy atom. The first-order valence-corrected chi connectivity index (χ1v) is 6.84. The summed E-state index contributed by atoms with van der Waals surface area (Å²) in [6, 6.07) is -0.557. The molecule has 110 valence electrons. The van der Waals surface area contributed by atoms with E-state index in [4.69, 9.17) is 5.73 Å². The van der Waals surface area contributed by atoms with Gasteiger partial charge in [0, 0.05) is 32.7 Å². The third kappa shape index (κ3) is 4.09. The zero-order valence-corrected chi connectivity index (χ0v) is 12.4. The van der Waals surface area contributed by atoms with Gasteiger partial charge in [-0.3, -0.25) is 4.79 Å². The summed E-state index contributed by atoms with van der Waals surface area (Å²) in [5.74, 6) is -0.0250. The van der Waals surface area contributed by atoms with Crippen LogP contribution in [0.2, 0.25) is 0 Å². The van der Waals surface area contributed by atoms with E-state index in [2.05, 4.69) is 5.32 Å². The van der Waals surface area contributed by atoms with Crippen LogP contribution in [-0.4, -0.2) is 60.5 Å². The molecule has 1 aliphatic rings. The molecule has 3 N–H and O–H groups in total. The van der Waals surface area contributed by atoms with Crippen LogP contribution in [0.25, 0.3) is 0 Å². The second kappa shape index (κ2) is 6.23. The van der Waals surface area contributed by atoms with Gasteiger partial charge < -0.3 is 20.9 Å². The van der Waals surface area contributed by atoms with Crippen molar-refractivity contribution in [1.82, 2.24) is 15.1 Å². The maximum absolute atomic E-state index is 12.2. The number of hydrogen-bond acceptors (Lipinski definition) is 3. The van der Waals surface area contributed by atoms with Crippen molar-refractivity contribution >= 4 is 11.9 Å². The van der Waals surface area contributed by atoms with E-state index in [9.17, 15) is 9.59 Å². The third-order valence-electron chi connectivity index (χ3n) is 3.41. The number of piperazine rings is 1. The number of nitrogens with zero attached hydrogens (tertiary/aromatic N) is 2. The Kier molecular flexibility index (Phi) is 5.17. The van der Waals surface area contributed by atoms with Crippen LogP contribution < -0.4 is 11.1 Å². The molecule has 1 heterocycles. The van der Waals surface area contributed by atoms with E-state index >= 15 is 0 Å². The lowest BCUT2D eigenvalue weighted by Crippen LogP contribution is -2.58. The molecule has 0 aromatic heterocycles. The molecule has 0 aliphatic carbocycles. The fourth-order valence-electron chi connectivity index (χ4n) is 1.96.